The number of carboxylic acids is 1. The van der Waals surface area contributed by atoms with Crippen molar-refractivity contribution < 1.29 is 24.1 Å². The molecule has 112 valence electrons. The molecule has 0 aliphatic carbocycles. The van der Waals surface area contributed by atoms with E-state index in [-0.39, 0.29) is 6.42 Å². The molecule has 0 saturated carbocycles. The molecule has 0 radical (unpaired) electrons. The summed E-state index contributed by atoms with van der Waals surface area (Å²) in [5.74, 6) is 1.17. The number of aromatic nitrogens is 2. The average Bonchev–Trinajstić information content (AvgIpc) is 2.79. The summed E-state index contributed by atoms with van der Waals surface area (Å²) in [5, 5.41) is 8.89. The van der Waals surface area contributed by atoms with Gasteiger partial charge in [0.25, 0.3) is 0 Å². The number of carbonyl (C=O) groups is 1. The van der Waals surface area contributed by atoms with Crippen LogP contribution in [-0.2, 0) is 22.7 Å². The van der Waals surface area contributed by atoms with Crippen molar-refractivity contribution in [1.29, 1.82) is 0 Å². The minimum absolute atomic E-state index is 0.0244. The zero-order valence-corrected chi connectivity index (χ0v) is 11.7. The van der Waals surface area contributed by atoms with E-state index in [0.717, 1.165) is 11.0 Å². The number of rotatable bonds is 5. The second-order valence-corrected chi connectivity index (χ2v) is 4.74. The summed E-state index contributed by atoms with van der Waals surface area (Å²) in [6, 6.07) is 3.66. The number of ether oxygens (including phenoxy) is 3. The van der Waals surface area contributed by atoms with Gasteiger partial charge in [-0.25, -0.2) is 4.98 Å². The lowest BCUT2D eigenvalue weighted by Crippen LogP contribution is -2.15. The second-order valence-electron chi connectivity index (χ2n) is 4.74. The normalized spacial score (nSPS) is 13.6. The van der Waals surface area contributed by atoms with Crippen LogP contribution in [0.15, 0.2) is 12.1 Å². The summed E-state index contributed by atoms with van der Waals surface area (Å²) >= 11 is 0. The van der Waals surface area contributed by atoms with Crippen molar-refractivity contribution in [2.24, 2.45) is 0 Å². The lowest BCUT2D eigenvalue weighted by atomic mass is 10.2. The van der Waals surface area contributed by atoms with Gasteiger partial charge in [0.05, 0.1) is 17.5 Å². The number of benzene rings is 1. The van der Waals surface area contributed by atoms with Gasteiger partial charge in [-0.05, 0) is 0 Å². The third kappa shape index (κ3) is 2.64. The number of hydrogen-bond acceptors (Lipinski definition) is 5. The molecule has 3 rings (SSSR count). The Balaban J connectivity index is 2.07. The van der Waals surface area contributed by atoms with Crippen molar-refractivity contribution >= 4 is 17.0 Å². The first-order valence-corrected chi connectivity index (χ1v) is 6.68. The summed E-state index contributed by atoms with van der Waals surface area (Å²) in [6.45, 7) is 1.68. The lowest BCUT2D eigenvalue weighted by Gasteiger charge is -2.18. The molecular weight excluding hydrogens is 276 g/mol. The summed E-state index contributed by atoms with van der Waals surface area (Å²) in [4.78, 5) is 15.3. The van der Waals surface area contributed by atoms with Gasteiger partial charge in [-0.2, -0.15) is 0 Å². The van der Waals surface area contributed by atoms with Gasteiger partial charge in [-0.3, -0.25) is 4.79 Å². The van der Waals surface area contributed by atoms with Gasteiger partial charge in [0.2, 0.25) is 0 Å². The molecule has 0 bridgehead atoms. The van der Waals surface area contributed by atoms with Gasteiger partial charge < -0.3 is 23.9 Å². The van der Waals surface area contributed by atoms with Crippen molar-refractivity contribution in [3.05, 3.63) is 18.0 Å². The van der Waals surface area contributed by atoms with Gasteiger partial charge >= 0.3 is 5.97 Å². The molecule has 0 unspecified atom stereocenters. The van der Waals surface area contributed by atoms with E-state index in [4.69, 9.17) is 19.3 Å². The van der Waals surface area contributed by atoms with E-state index < -0.39 is 5.97 Å². The van der Waals surface area contributed by atoms with E-state index in [2.05, 4.69) is 4.98 Å². The van der Waals surface area contributed by atoms with Crippen LogP contribution in [0.25, 0.3) is 11.0 Å². The topological polar surface area (TPSA) is 82.8 Å². The molecule has 7 heteroatoms. The number of methoxy groups -OCH3 is 1. The smallest absolute Gasteiger partial charge is 0.305 e. The largest absolute Gasteiger partial charge is 0.486 e. The Hall–Kier alpha value is -2.28. The summed E-state index contributed by atoms with van der Waals surface area (Å²) < 4.78 is 18.1. The maximum atomic E-state index is 10.8. The molecule has 0 amide bonds. The SMILES string of the molecule is COCc1nc2cc3c(cc2n1CCC(=O)O)OCCO3. The molecule has 1 aliphatic rings. The first kappa shape index (κ1) is 13.7. The van der Waals surface area contributed by atoms with Crippen LogP contribution in [0.1, 0.15) is 12.2 Å². The summed E-state index contributed by atoms with van der Waals surface area (Å²) in [5.41, 5.74) is 1.57. The maximum Gasteiger partial charge on any atom is 0.305 e. The molecule has 1 aromatic heterocycles. The molecule has 0 saturated heterocycles. The Morgan fingerprint density at radius 1 is 1.38 bits per heavy atom. The molecule has 1 aliphatic heterocycles. The Kier molecular flexibility index (Phi) is 3.66. The highest BCUT2D eigenvalue weighted by Gasteiger charge is 2.18. The van der Waals surface area contributed by atoms with Crippen molar-refractivity contribution in [1.82, 2.24) is 9.55 Å². The van der Waals surface area contributed by atoms with Gasteiger partial charge in [0, 0.05) is 25.8 Å². The quantitative estimate of drug-likeness (QED) is 0.897. The van der Waals surface area contributed by atoms with E-state index in [1.807, 2.05) is 16.7 Å². The first-order chi connectivity index (χ1) is 10.2. The fourth-order valence-electron chi connectivity index (χ4n) is 2.41. The van der Waals surface area contributed by atoms with Crippen LogP contribution in [0, 0.1) is 0 Å². The van der Waals surface area contributed by atoms with Crippen LogP contribution in [0.3, 0.4) is 0 Å². The fourth-order valence-corrected chi connectivity index (χ4v) is 2.41. The first-order valence-electron chi connectivity index (χ1n) is 6.68. The summed E-state index contributed by atoms with van der Waals surface area (Å²) in [6.07, 6.45) is 0.0244. The zero-order valence-electron chi connectivity index (χ0n) is 11.7. The number of nitrogens with zero attached hydrogens (tertiary/aromatic N) is 2. The van der Waals surface area contributed by atoms with E-state index in [0.29, 0.717) is 43.7 Å². The van der Waals surface area contributed by atoms with Crippen LogP contribution in [-0.4, -0.2) is 41.0 Å². The highest BCUT2D eigenvalue weighted by Crippen LogP contribution is 2.34. The molecule has 0 fully saturated rings. The zero-order chi connectivity index (χ0) is 14.8. The van der Waals surface area contributed by atoms with Gasteiger partial charge in [-0.15, -0.1) is 0 Å². The molecule has 7 nitrogen and oxygen atoms in total. The number of fused-ring (bicyclic) bond motifs is 2. The van der Waals surface area contributed by atoms with E-state index >= 15 is 0 Å². The maximum absolute atomic E-state index is 10.8. The molecule has 0 atom stereocenters. The third-order valence-electron chi connectivity index (χ3n) is 3.31. The molecule has 2 aromatic rings. The number of aryl methyl sites for hydroxylation is 1. The van der Waals surface area contributed by atoms with Crippen LogP contribution < -0.4 is 9.47 Å². The molecule has 2 heterocycles. The Labute approximate surface area is 121 Å². The Morgan fingerprint density at radius 2 is 2.10 bits per heavy atom. The summed E-state index contributed by atoms with van der Waals surface area (Å²) in [7, 11) is 1.58. The van der Waals surface area contributed by atoms with Crippen molar-refractivity contribution in [3.63, 3.8) is 0 Å². The number of imidazole rings is 1. The Morgan fingerprint density at radius 3 is 2.76 bits per heavy atom. The average molecular weight is 292 g/mol. The highest BCUT2D eigenvalue weighted by atomic mass is 16.6. The third-order valence-corrected chi connectivity index (χ3v) is 3.31. The number of carboxylic acid groups (broad SMARTS) is 1. The van der Waals surface area contributed by atoms with E-state index in [9.17, 15) is 4.79 Å². The van der Waals surface area contributed by atoms with Gasteiger partial charge in [0.15, 0.2) is 11.5 Å². The molecule has 1 aromatic carbocycles. The molecule has 1 N–H and O–H groups in total. The predicted octanol–water partition coefficient (Wildman–Crippen LogP) is 1.43. The van der Waals surface area contributed by atoms with Gasteiger partial charge in [-0.1, -0.05) is 0 Å². The van der Waals surface area contributed by atoms with Crippen molar-refractivity contribution in [2.45, 2.75) is 19.6 Å². The predicted molar refractivity (Wildman–Crippen MR) is 73.7 cm³/mol. The molecular formula is C14H16N2O5. The monoisotopic (exact) mass is 292 g/mol. The van der Waals surface area contributed by atoms with Crippen LogP contribution in [0.5, 0.6) is 11.5 Å². The number of hydrogen-bond donors (Lipinski definition) is 1. The van der Waals surface area contributed by atoms with Crippen LogP contribution in [0.4, 0.5) is 0 Å². The van der Waals surface area contributed by atoms with Gasteiger partial charge in [0.1, 0.15) is 25.6 Å². The lowest BCUT2D eigenvalue weighted by molar-refractivity contribution is -0.137. The fraction of sp³-hybridized carbons (Fsp3) is 0.429. The highest BCUT2D eigenvalue weighted by molar-refractivity contribution is 5.81. The molecule has 0 spiro atoms. The number of aliphatic carboxylic acids is 1. The standard InChI is InChI=1S/C14H16N2O5/c1-19-8-13-15-9-6-11-12(21-5-4-20-11)7-10(9)16(13)3-2-14(17)18/h6-7H,2-5,8H2,1H3,(H,17,18). The molecule has 21 heavy (non-hydrogen) atoms. The van der Waals surface area contributed by atoms with E-state index in [1.54, 1.807) is 7.11 Å². The second kappa shape index (κ2) is 5.61. The van der Waals surface area contributed by atoms with Crippen LogP contribution in [0.2, 0.25) is 0 Å². The minimum atomic E-state index is -0.849. The van der Waals surface area contributed by atoms with Crippen molar-refractivity contribution in [3.8, 4) is 11.5 Å². The van der Waals surface area contributed by atoms with Crippen molar-refractivity contribution in [2.75, 3.05) is 20.3 Å². The Bertz CT molecular complexity index is 680. The van der Waals surface area contributed by atoms with Crippen LogP contribution >= 0.6 is 0 Å². The van der Waals surface area contributed by atoms with E-state index in [1.165, 1.54) is 0 Å². The minimum Gasteiger partial charge on any atom is -0.486 e.